The van der Waals surface area contributed by atoms with Crippen molar-refractivity contribution in [2.75, 3.05) is 0 Å². The molecular formula is C10H9O. The van der Waals surface area contributed by atoms with Gasteiger partial charge in [0.25, 0.3) is 0 Å². The Morgan fingerprint density at radius 1 is 1.45 bits per heavy atom. The van der Waals surface area contributed by atoms with Crippen molar-refractivity contribution in [2.45, 2.75) is 13.3 Å². The lowest BCUT2D eigenvalue weighted by Gasteiger charge is -1.93. The number of aryl methyl sites for hydroxylation is 1. The van der Waals surface area contributed by atoms with Crippen LogP contribution in [0.5, 0.6) is 0 Å². The highest BCUT2D eigenvalue weighted by Gasteiger charge is 1.96. The minimum atomic E-state index is 1.06. The van der Waals surface area contributed by atoms with Crippen LogP contribution in [0.1, 0.15) is 12.5 Å². The maximum Gasteiger partial charge on any atom is 0.177 e. The Balaban J connectivity index is 2.67. The summed E-state index contributed by atoms with van der Waals surface area (Å²) in [6.07, 6.45) is 5.60. The fourth-order valence-corrected chi connectivity index (χ4v) is 1.18. The van der Waals surface area contributed by atoms with Crippen LogP contribution in [0, 0.1) is 6.26 Å². The predicted octanol–water partition coefficient (Wildman–Crippen LogP) is 2.80. The van der Waals surface area contributed by atoms with Gasteiger partial charge in [0.05, 0.1) is 6.26 Å². The first kappa shape index (κ1) is 6.47. The SMILES string of the molecule is CCc1ccc2[c]occ2c1. The van der Waals surface area contributed by atoms with Gasteiger partial charge in [0.1, 0.15) is 0 Å². The molecule has 1 radical (unpaired) electrons. The lowest BCUT2D eigenvalue weighted by Crippen LogP contribution is -1.76. The van der Waals surface area contributed by atoms with Crippen molar-refractivity contribution < 1.29 is 4.42 Å². The van der Waals surface area contributed by atoms with E-state index in [9.17, 15) is 0 Å². The van der Waals surface area contributed by atoms with Crippen LogP contribution >= 0.6 is 0 Å². The highest BCUT2D eigenvalue weighted by molar-refractivity contribution is 5.81. The molecule has 55 valence electrons. The molecule has 0 fully saturated rings. The van der Waals surface area contributed by atoms with Crippen LogP contribution < -0.4 is 0 Å². The lowest BCUT2D eigenvalue weighted by molar-refractivity contribution is 0.563. The average Bonchev–Trinajstić information content (AvgIpc) is 2.50. The summed E-state index contributed by atoms with van der Waals surface area (Å²) in [6.45, 7) is 2.14. The summed E-state index contributed by atoms with van der Waals surface area (Å²) in [5.41, 5.74) is 1.34. The molecule has 0 unspecified atom stereocenters. The molecule has 1 heterocycles. The van der Waals surface area contributed by atoms with E-state index in [0.717, 1.165) is 17.2 Å². The molecule has 2 aromatic rings. The van der Waals surface area contributed by atoms with Crippen LogP contribution in [0.2, 0.25) is 0 Å². The number of rotatable bonds is 1. The second kappa shape index (κ2) is 2.42. The quantitative estimate of drug-likeness (QED) is 0.601. The molecule has 0 aliphatic rings. The Hall–Kier alpha value is -1.24. The molecule has 0 aliphatic carbocycles. The van der Waals surface area contributed by atoms with Gasteiger partial charge in [0.2, 0.25) is 0 Å². The van der Waals surface area contributed by atoms with Crippen LogP contribution in [-0.2, 0) is 6.42 Å². The van der Waals surface area contributed by atoms with Gasteiger partial charge in [-0.05, 0) is 18.1 Å². The molecule has 0 amide bonds. The molecule has 1 nitrogen and oxygen atoms in total. The van der Waals surface area contributed by atoms with Crippen molar-refractivity contribution >= 4 is 10.8 Å². The fraction of sp³-hybridized carbons (Fsp3) is 0.200. The number of furan rings is 1. The highest BCUT2D eigenvalue weighted by atomic mass is 16.3. The molecule has 0 aliphatic heterocycles. The zero-order chi connectivity index (χ0) is 7.68. The largest absolute Gasteiger partial charge is 0.460 e. The second-order valence-electron chi connectivity index (χ2n) is 2.61. The summed E-state index contributed by atoms with van der Waals surface area (Å²) >= 11 is 0. The van der Waals surface area contributed by atoms with Gasteiger partial charge >= 0.3 is 0 Å². The normalized spacial score (nSPS) is 10.6. The Labute approximate surface area is 65.6 Å². The number of hydrogen-bond donors (Lipinski definition) is 0. The first-order valence-corrected chi connectivity index (χ1v) is 3.78. The smallest absolute Gasteiger partial charge is 0.177 e. The maximum absolute atomic E-state index is 4.94. The third-order valence-corrected chi connectivity index (χ3v) is 1.88. The molecule has 0 saturated heterocycles. The van der Waals surface area contributed by atoms with Gasteiger partial charge in [0.15, 0.2) is 6.26 Å². The standard InChI is InChI=1S/C10H9O/c1-2-8-3-4-9-6-11-7-10(9)5-8/h3-5,7H,2H2,1H3. The minimum Gasteiger partial charge on any atom is -0.460 e. The summed E-state index contributed by atoms with van der Waals surface area (Å²) in [4.78, 5) is 0. The van der Waals surface area contributed by atoms with E-state index in [0.29, 0.717) is 0 Å². The lowest BCUT2D eigenvalue weighted by atomic mass is 10.1. The summed E-state index contributed by atoms with van der Waals surface area (Å²) in [6, 6.07) is 6.28. The molecule has 11 heavy (non-hydrogen) atoms. The van der Waals surface area contributed by atoms with Gasteiger partial charge in [-0.2, -0.15) is 0 Å². The van der Waals surface area contributed by atoms with Crippen molar-refractivity contribution in [1.82, 2.24) is 0 Å². The van der Waals surface area contributed by atoms with Crippen LogP contribution in [0.25, 0.3) is 10.8 Å². The first-order valence-electron chi connectivity index (χ1n) is 3.78. The van der Waals surface area contributed by atoms with Crippen LogP contribution in [0.4, 0.5) is 0 Å². The van der Waals surface area contributed by atoms with Crippen LogP contribution in [0.15, 0.2) is 28.9 Å². The summed E-state index contributed by atoms with van der Waals surface area (Å²) in [5, 5.41) is 2.20. The van der Waals surface area contributed by atoms with E-state index in [1.54, 1.807) is 6.26 Å². The van der Waals surface area contributed by atoms with Gasteiger partial charge in [-0.25, -0.2) is 0 Å². The van der Waals surface area contributed by atoms with Crippen LogP contribution in [-0.4, -0.2) is 0 Å². The third kappa shape index (κ3) is 1.03. The third-order valence-electron chi connectivity index (χ3n) is 1.88. The van der Waals surface area contributed by atoms with E-state index in [1.165, 1.54) is 5.56 Å². The molecule has 0 N–H and O–H groups in total. The maximum atomic E-state index is 4.94. The van der Waals surface area contributed by atoms with Crippen molar-refractivity contribution in [3.63, 3.8) is 0 Å². The molecule has 0 spiro atoms. The molecule has 0 atom stereocenters. The Morgan fingerprint density at radius 2 is 2.36 bits per heavy atom. The van der Waals surface area contributed by atoms with Crippen molar-refractivity contribution in [3.8, 4) is 0 Å². The van der Waals surface area contributed by atoms with E-state index in [1.807, 2.05) is 6.07 Å². The topological polar surface area (TPSA) is 13.1 Å². The van der Waals surface area contributed by atoms with Gasteiger partial charge in [-0.3, -0.25) is 0 Å². The van der Waals surface area contributed by atoms with Crippen molar-refractivity contribution in [2.24, 2.45) is 0 Å². The number of hydrogen-bond acceptors (Lipinski definition) is 1. The molecule has 2 rings (SSSR count). The van der Waals surface area contributed by atoms with Gasteiger partial charge < -0.3 is 4.42 Å². The molecule has 1 heteroatoms. The zero-order valence-electron chi connectivity index (χ0n) is 6.42. The second-order valence-corrected chi connectivity index (χ2v) is 2.61. The van der Waals surface area contributed by atoms with Crippen molar-refractivity contribution in [3.05, 3.63) is 36.3 Å². The zero-order valence-corrected chi connectivity index (χ0v) is 6.42. The molecule has 1 aromatic carbocycles. The molecule has 0 bridgehead atoms. The summed E-state index contributed by atoms with van der Waals surface area (Å²) < 4.78 is 4.94. The van der Waals surface area contributed by atoms with Gasteiger partial charge in [0, 0.05) is 10.8 Å². The minimum absolute atomic E-state index is 1.06. The summed E-state index contributed by atoms with van der Waals surface area (Å²) in [5.74, 6) is 0. The van der Waals surface area contributed by atoms with Gasteiger partial charge in [-0.1, -0.05) is 19.1 Å². The van der Waals surface area contributed by atoms with E-state index in [2.05, 4.69) is 25.3 Å². The van der Waals surface area contributed by atoms with E-state index in [4.69, 9.17) is 4.42 Å². The van der Waals surface area contributed by atoms with Crippen molar-refractivity contribution in [1.29, 1.82) is 0 Å². The fourth-order valence-electron chi connectivity index (χ4n) is 1.18. The summed E-state index contributed by atoms with van der Waals surface area (Å²) in [7, 11) is 0. The van der Waals surface area contributed by atoms with E-state index >= 15 is 0 Å². The first-order chi connectivity index (χ1) is 5.40. The average molecular weight is 145 g/mol. The molecule has 0 saturated carbocycles. The Bertz CT molecular complexity index is 360. The van der Waals surface area contributed by atoms with Gasteiger partial charge in [-0.15, -0.1) is 0 Å². The number of benzene rings is 1. The van der Waals surface area contributed by atoms with E-state index < -0.39 is 0 Å². The molecule has 1 aromatic heterocycles. The monoisotopic (exact) mass is 145 g/mol. The Kier molecular flexibility index (Phi) is 1.42. The van der Waals surface area contributed by atoms with Crippen LogP contribution in [0.3, 0.4) is 0 Å². The highest BCUT2D eigenvalue weighted by Crippen LogP contribution is 2.16. The molecular weight excluding hydrogens is 136 g/mol. The van der Waals surface area contributed by atoms with E-state index in [-0.39, 0.29) is 0 Å². The Morgan fingerprint density at radius 3 is 3.18 bits per heavy atom. The predicted molar refractivity (Wildman–Crippen MR) is 44.4 cm³/mol. The number of fused-ring (bicyclic) bond motifs is 1.